The summed E-state index contributed by atoms with van der Waals surface area (Å²) >= 11 is 0. The van der Waals surface area contributed by atoms with Gasteiger partial charge in [-0.1, -0.05) is 26.0 Å². The lowest BCUT2D eigenvalue weighted by Gasteiger charge is -2.35. The molecule has 3 nitrogen and oxygen atoms in total. The number of nitrogens with zero attached hydrogens (tertiary/aromatic N) is 1. The fourth-order valence-corrected chi connectivity index (χ4v) is 4.13. The number of nitrogens with one attached hydrogen (secondary N) is 1. The van der Waals surface area contributed by atoms with Gasteiger partial charge in [-0.2, -0.15) is 13.2 Å². The van der Waals surface area contributed by atoms with E-state index in [0.717, 1.165) is 50.8 Å². The summed E-state index contributed by atoms with van der Waals surface area (Å²) in [7, 11) is 0. The molecule has 1 aliphatic carbocycles. The lowest BCUT2D eigenvalue weighted by atomic mass is 9.85. The van der Waals surface area contributed by atoms with E-state index in [9.17, 15) is 18.0 Å². The molecule has 0 spiro atoms. The number of fused-ring (bicyclic) bond motifs is 3. The minimum Gasteiger partial charge on any atom is -0.360 e. The van der Waals surface area contributed by atoms with Gasteiger partial charge in [0.15, 0.2) is 0 Å². The van der Waals surface area contributed by atoms with Crippen molar-refractivity contribution in [3.05, 3.63) is 35.0 Å². The number of benzene rings is 1. The Bertz CT molecular complexity index is 788. The molecule has 0 radical (unpaired) electrons. The minimum absolute atomic E-state index is 0.281. The highest BCUT2D eigenvalue weighted by Crippen LogP contribution is 2.34. The lowest BCUT2D eigenvalue weighted by molar-refractivity contribution is -0.0884. The van der Waals surface area contributed by atoms with E-state index in [2.05, 4.69) is 23.7 Å². The van der Waals surface area contributed by atoms with Gasteiger partial charge in [0.05, 0.1) is 5.56 Å². The number of carbonyl (C=O) groups excluding carboxylic acids is 1. The van der Waals surface area contributed by atoms with Gasteiger partial charge >= 0.3 is 6.18 Å². The van der Waals surface area contributed by atoms with Gasteiger partial charge in [-0.15, -0.1) is 0 Å². The number of hydrogen-bond donors (Lipinski definition) is 1. The smallest absolute Gasteiger partial charge is 0.360 e. The Morgan fingerprint density at radius 2 is 1.92 bits per heavy atom. The number of aryl methyl sites for hydroxylation is 1. The molecule has 0 bridgehead atoms. The Hall–Kier alpha value is -1.82. The molecular weight excluding hydrogens is 341 g/mol. The summed E-state index contributed by atoms with van der Waals surface area (Å²) in [5, 5.41) is 0.379. The van der Waals surface area contributed by atoms with Crippen LogP contribution in [0.3, 0.4) is 0 Å². The predicted octanol–water partition coefficient (Wildman–Crippen LogP) is 4.89. The van der Waals surface area contributed by atoms with Crippen molar-refractivity contribution in [1.29, 1.82) is 0 Å². The van der Waals surface area contributed by atoms with Gasteiger partial charge in [0.25, 0.3) is 5.78 Å². The Morgan fingerprint density at radius 1 is 1.23 bits per heavy atom. The summed E-state index contributed by atoms with van der Waals surface area (Å²) in [6, 6.07) is 3.94. The number of hydrogen-bond acceptors (Lipinski definition) is 2. The molecule has 1 unspecified atom stereocenters. The van der Waals surface area contributed by atoms with Crippen LogP contribution in [0.15, 0.2) is 18.3 Å². The molecular formula is C20H25F3N2O. The quantitative estimate of drug-likeness (QED) is 0.739. The van der Waals surface area contributed by atoms with Crippen LogP contribution in [0, 0.1) is 0 Å². The van der Waals surface area contributed by atoms with E-state index in [1.165, 1.54) is 11.8 Å². The van der Waals surface area contributed by atoms with Gasteiger partial charge in [0.2, 0.25) is 0 Å². The second-order valence-electron chi connectivity index (χ2n) is 7.09. The van der Waals surface area contributed by atoms with Crippen LogP contribution in [0.1, 0.15) is 54.6 Å². The van der Waals surface area contributed by atoms with Crippen molar-refractivity contribution in [3.63, 3.8) is 0 Å². The lowest BCUT2D eigenvalue weighted by Crippen LogP contribution is -2.40. The van der Waals surface area contributed by atoms with Crippen LogP contribution in [0.5, 0.6) is 0 Å². The molecule has 142 valence electrons. The van der Waals surface area contributed by atoms with Gasteiger partial charge < -0.3 is 9.88 Å². The fraction of sp³-hybridized carbons (Fsp3) is 0.550. The van der Waals surface area contributed by atoms with Crippen molar-refractivity contribution in [1.82, 2.24) is 9.88 Å². The molecule has 2 aromatic rings. The molecule has 1 aromatic heterocycles. The number of Topliss-reactive ketones (excluding diaryl/α,β-unsaturated/α-hetero) is 1. The zero-order chi connectivity index (χ0) is 18.9. The molecule has 1 heterocycles. The van der Waals surface area contributed by atoms with Crippen LogP contribution in [0.2, 0.25) is 0 Å². The Kier molecular flexibility index (Phi) is 5.42. The maximum Gasteiger partial charge on any atom is 0.454 e. The van der Waals surface area contributed by atoms with E-state index in [4.69, 9.17) is 0 Å². The van der Waals surface area contributed by atoms with Gasteiger partial charge in [0, 0.05) is 23.1 Å². The van der Waals surface area contributed by atoms with E-state index < -0.39 is 12.0 Å². The molecule has 1 aromatic carbocycles. The second-order valence-corrected chi connectivity index (χ2v) is 7.09. The van der Waals surface area contributed by atoms with E-state index in [1.54, 1.807) is 6.07 Å². The van der Waals surface area contributed by atoms with Crippen LogP contribution < -0.4 is 0 Å². The second kappa shape index (κ2) is 7.43. The van der Waals surface area contributed by atoms with Crippen LogP contribution >= 0.6 is 0 Å². The Balaban J connectivity index is 1.96. The van der Waals surface area contributed by atoms with Crippen molar-refractivity contribution >= 4 is 16.7 Å². The number of alkyl halides is 3. The molecule has 6 heteroatoms. The zero-order valence-corrected chi connectivity index (χ0v) is 15.2. The molecule has 3 rings (SSSR count). The monoisotopic (exact) mass is 366 g/mol. The Morgan fingerprint density at radius 3 is 2.54 bits per heavy atom. The first-order valence-electron chi connectivity index (χ1n) is 9.34. The van der Waals surface area contributed by atoms with E-state index in [-0.39, 0.29) is 5.56 Å². The summed E-state index contributed by atoms with van der Waals surface area (Å²) in [4.78, 5) is 17.1. The molecule has 26 heavy (non-hydrogen) atoms. The van der Waals surface area contributed by atoms with E-state index >= 15 is 0 Å². The third kappa shape index (κ3) is 3.52. The highest BCUT2D eigenvalue weighted by Gasteiger charge is 2.40. The number of aromatic amines is 1. The third-order valence-corrected chi connectivity index (χ3v) is 5.29. The predicted molar refractivity (Wildman–Crippen MR) is 96.7 cm³/mol. The minimum atomic E-state index is -4.85. The van der Waals surface area contributed by atoms with E-state index in [1.807, 2.05) is 6.07 Å². The Labute approximate surface area is 151 Å². The number of H-pyrrole nitrogens is 1. The molecule has 0 aliphatic heterocycles. The number of rotatable bonds is 6. The number of carbonyl (C=O) groups is 1. The van der Waals surface area contributed by atoms with Crippen LogP contribution in [0.4, 0.5) is 13.2 Å². The summed E-state index contributed by atoms with van der Waals surface area (Å²) in [6.45, 7) is 6.40. The fourth-order valence-electron chi connectivity index (χ4n) is 4.13. The molecule has 0 saturated carbocycles. The highest BCUT2D eigenvalue weighted by atomic mass is 19.4. The average molecular weight is 366 g/mol. The van der Waals surface area contributed by atoms with Gasteiger partial charge in [0.1, 0.15) is 0 Å². The van der Waals surface area contributed by atoms with Crippen molar-refractivity contribution < 1.29 is 18.0 Å². The van der Waals surface area contributed by atoms with Gasteiger partial charge in [-0.3, -0.25) is 4.79 Å². The van der Waals surface area contributed by atoms with Gasteiger partial charge in [-0.25, -0.2) is 0 Å². The summed E-state index contributed by atoms with van der Waals surface area (Å²) in [6.07, 6.45) is 1.31. The van der Waals surface area contributed by atoms with E-state index in [0.29, 0.717) is 16.9 Å². The standard InChI is InChI=1S/C20H25F3N2O/c1-3-9-25(10-4-2)14-7-5-13-6-8-15-17(19(26)20(21,22)23)12-24-18(15)16(13)11-14/h6,8,12,14,24H,3-5,7,9-11H2,1-2H3. The number of halogens is 3. The normalized spacial score (nSPS) is 17.7. The number of aromatic nitrogens is 1. The van der Waals surface area contributed by atoms with Crippen LogP contribution in [0.25, 0.3) is 10.9 Å². The molecule has 1 N–H and O–H groups in total. The molecule has 1 atom stereocenters. The van der Waals surface area contributed by atoms with Crippen molar-refractivity contribution in [3.8, 4) is 0 Å². The molecule has 0 saturated heterocycles. The van der Waals surface area contributed by atoms with Crippen LogP contribution in [-0.4, -0.2) is 41.0 Å². The molecule has 1 aliphatic rings. The highest BCUT2D eigenvalue weighted by molar-refractivity contribution is 6.11. The SMILES string of the molecule is CCCN(CCC)C1CCc2ccc3c(C(=O)C(F)(F)F)c[nH]c3c2C1. The molecule has 0 fully saturated rings. The maximum atomic E-state index is 12.8. The average Bonchev–Trinajstić information content (AvgIpc) is 3.04. The first-order chi connectivity index (χ1) is 12.4. The summed E-state index contributed by atoms with van der Waals surface area (Å²) < 4.78 is 38.5. The first kappa shape index (κ1) is 19.0. The number of ketones is 1. The van der Waals surface area contributed by atoms with Crippen LogP contribution in [-0.2, 0) is 12.8 Å². The van der Waals surface area contributed by atoms with Crippen molar-refractivity contribution in [2.75, 3.05) is 13.1 Å². The van der Waals surface area contributed by atoms with Gasteiger partial charge in [-0.05, 0) is 56.3 Å². The molecule has 0 amide bonds. The zero-order valence-electron chi connectivity index (χ0n) is 15.2. The third-order valence-electron chi connectivity index (χ3n) is 5.29. The summed E-state index contributed by atoms with van der Waals surface area (Å²) in [5.41, 5.74) is 2.65. The maximum absolute atomic E-state index is 12.8. The topological polar surface area (TPSA) is 36.1 Å². The largest absolute Gasteiger partial charge is 0.454 e. The van der Waals surface area contributed by atoms with Crippen molar-refractivity contribution in [2.24, 2.45) is 0 Å². The summed E-state index contributed by atoms with van der Waals surface area (Å²) in [5.74, 6) is -1.78. The van der Waals surface area contributed by atoms with Crippen molar-refractivity contribution in [2.45, 2.75) is 58.2 Å². The first-order valence-corrected chi connectivity index (χ1v) is 9.34.